The molecule has 0 amide bonds. The Hall–Kier alpha value is -3.92. The third-order valence-corrected chi connectivity index (χ3v) is 4.14. The topological polar surface area (TPSA) is 145 Å². The number of carboxylic acids is 1. The number of nitrogens with zero attached hydrogens (tertiary/aromatic N) is 1. The summed E-state index contributed by atoms with van der Waals surface area (Å²) in [5, 5.41) is 22.1. The molecule has 2 aromatic rings. The average molecular weight is 419 g/mol. The van der Waals surface area contributed by atoms with Gasteiger partial charge in [0.1, 0.15) is 5.70 Å². The number of non-ortho nitro benzene ring substituents is 1. The number of nitrogens with one attached hydrogen (secondary N) is 1. The first kappa shape index (κ1) is 19.8. The SMILES string of the molecule is O=C1OC(OC(=O)c2ccc([N+](=O)[O-])cc2)C(Nc2cccc(C(=O)O)c2)=C1Cl. The van der Waals surface area contributed by atoms with E-state index < -0.39 is 29.1 Å². The second-order valence-electron chi connectivity index (χ2n) is 5.69. The van der Waals surface area contributed by atoms with E-state index in [1.807, 2.05) is 0 Å². The number of aromatic carboxylic acids is 1. The van der Waals surface area contributed by atoms with Gasteiger partial charge in [0.05, 0.1) is 16.1 Å². The zero-order valence-electron chi connectivity index (χ0n) is 14.3. The fourth-order valence-corrected chi connectivity index (χ4v) is 2.57. The quantitative estimate of drug-likeness (QED) is 0.410. The summed E-state index contributed by atoms with van der Waals surface area (Å²) < 4.78 is 10.0. The van der Waals surface area contributed by atoms with Crippen LogP contribution in [0.15, 0.2) is 59.3 Å². The fourth-order valence-electron chi connectivity index (χ4n) is 2.39. The first-order chi connectivity index (χ1) is 13.8. The number of esters is 2. The van der Waals surface area contributed by atoms with E-state index in [2.05, 4.69) is 5.32 Å². The Morgan fingerprint density at radius 2 is 1.86 bits per heavy atom. The molecular weight excluding hydrogens is 408 g/mol. The molecule has 0 saturated heterocycles. The van der Waals surface area contributed by atoms with Gasteiger partial charge in [0.15, 0.2) is 5.03 Å². The van der Waals surface area contributed by atoms with Gasteiger partial charge in [-0.2, -0.15) is 0 Å². The molecule has 1 heterocycles. The van der Waals surface area contributed by atoms with Gasteiger partial charge in [-0.1, -0.05) is 17.7 Å². The number of benzene rings is 2. The van der Waals surface area contributed by atoms with Crippen LogP contribution in [0, 0.1) is 10.1 Å². The van der Waals surface area contributed by atoms with Crippen LogP contribution in [0.1, 0.15) is 20.7 Å². The Morgan fingerprint density at radius 1 is 1.17 bits per heavy atom. The molecule has 1 unspecified atom stereocenters. The summed E-state index contributed by atoms with van der Waals surface area (Å²) in [5.74, 6) is -3.01. The summed E-state index contributed by atoms with van der Waals surface area (Å²) in [7, 11) is 0. The number of nitro benzene ring substituents is 1. The Bertz CT molecular complexity index is 1050. The van der Waals surface area contributed by atoms with Crippen LogP contribution in [0.25, 0.3) is 0 Å². The van der Waals surface area contributed by atoms with Crippen molar-refractivity contribution in [2.24, 2.45) is 0 Å². The van der Waals surface area contributed by atoms with Crippen molar-refractivity contribution in [1.82, 2.24) is 0 Å². The van der Waals surface area contributed by atoms with Crippen LogP contribution >= 0.6 is 11.6 Å². The number of anilines is 1. The number of carbonyl (C=O) groups is 3. The van der Waals surface area contributed by atoms with E-state index >= 15 is 0 Å². The van der Waals surface area contributed by atoms with Gasteiger partial charge < -0.3 is 19.9 Å². The van der Waals surface area contributed by atoms with Gasteiger partial charge in [0.2, 0.25) is 0 Å². The molecule has 1 aliphatic heterocycles. The maximum atomic E-state index is 12.3. The molecule has 2 N–H and O–H groups in total. The molecule has 0 aliphatic carbocycles. The molecule has 0 aromatic heterocycles. The van der Waals surface area contributed by atoms with Crippen molar-refractivity contribution in [2.75, 3.05) is 5.32 Å². The molecule has 148 valence electrons. The minimum Gasteiger partial charge on any atom is -0.478 e. The highest BCUT2D eigenvalue weighted by Gasteiger charge is 2.36. The molecule has 0 spiro atoms. The molecule has 0 radical (unpaired) electrons. The van der Waals surface area contributed by atoms with Gasteiger partial charge in [0, 0.05) is 17.8 Å². The molecule has 0 bridgehead atoms. The van der Waals surface area contributed by atoms with Crippen LogP contribution in [0.5, 0.6) is 0 Å². The van der Waals surface area contributed by atoms with Crippen molar-refractivity contribution in [1.29, 1.82) is 0 Å². The van der Waals surface area contributed by atoms with Crippen molar-refractivity contribution in [3.8, 4) is 0 Å². The highest BCUT2D eigenvalue weighted by atomic mass is 35.5. The van der Waals surface area contributed by atoms with Crippen molar-refractivity contribution >= 4 is 40.9 Å². The van der Waals surface area contributed by atoms with E-state index in [1.54, 1.807) is 0 Å². The van der Waals surface area contributed by atoms with Crippen LogP contribution < -0.4 is 5.32 Å². The maximum absolute atomic E-state index is 12.3. The number of carbonyl (C=O) groups excluding carboxylic acids is 2. The number of nitro groups is 1. The van der Waals surface area contributed by atoms with Gasteiger partial charge in [-0.15, -0.1) is 0 Å². The van der Waals surface area contributed by atoms with E-state index in [4.69, 9.17) is 26.2 Å². The molecule has 0 saturated carbocycles. The predicted molar refractivity (Wildman–Crippen MR) is 98.3 cm³/mol. The van der Waals surface area contributed by atoms with Crippen molar-refractivity contribution in [3.63, 3.8) is 0 Å². The maximum Gasteiger partial charge on any atom is 0.355 e. The molecule has 1 atom stereocenters. The minimum absolute atomic E-state index is 0.0121. The summed E-state index contributed by atoms with van der Waals surface area (Å²) in [6, 6.07) is 10.3. The number of carboxylic acid groups (broad SMARTS) is 1. The van der Waals surface area contributed by atoms with Gasteiger partial charge in [-0.3, -0.25) is 10.1 Å². The van der Waals surface area contributed by atoms with Crippen molar-refractivity contribution in [2.45, 2.75) is 6.29 Å². The zero-order valence-corrected chi connectivity index (χ0v) is 15.1. The first-order valence-electron chi connectivity index (χ1n) is 7.92. The molecule has 3 rings (SSSR count). The van der Waals surface area contributed by atoms with E-state index in [1.165, 1.54) is 36.4 Å². The molecular formula is C18H11ClN2O8. The molecule has 2 aromatic carbocycles. The number of ether oxygens (including phenoxy) is 2. The Kier molecular flexibility index (Phi) is 5.46. The Balaban J connectivity index is 1.79. The van der Waals surface area contributed by atoms with Crippen LogP contribution in [-0.2, 0) is 14.3 Å². The van der Waals surface area contributed by atoms with Gasteiger partial charge in [-0.05, 0) is 30.3 Å². The van der Waals surface area contributed by atoms with E-state index in [9.17, 15) is 24.5 Å². The number of hydrogen-bond acceptors (Lipinski definition) is 8. The highest BCUT2D eigenvalue weighted by molar-refractivity contribution is 6.42. The lowest BCUT2D eigenvalue weighted by atomic mass is 10.2. The first-order valence-corrected chi connectivity index (χ1v) is 8.30. The molecule has 1 aliphatic rings. The van der Waals surface area contributed by atoms with E-state index in [0.29, 0.717) is 0 Å². The van der Waals surface area contributed by atoms with Crippen molar-refractivity contribution in [3.05, 3.63) is 80.5 Å². The second kappa shape index (κ2) is 7.98. The molecule has 0 fully saturated rings. The summed E-state index contributed by atoms with van der Waals surface area (Å²) in [5.41, 5.74) is -0.0575. The summed E-state index contributed by atoms with van der Waals surface area (Å²) in [4.78, 5) is 45.2. The lowest BCUT2D eigenvalue weighted by Crippen LogP contribution is -2.24. The zero-order chi connectivity index (χ0) is 21.1. The third kappa shape index (κ3) is 4.33. The summed E-state index contributed by atoms with van der Waals surface area (Å²) >= 11 is 5.92. The van der Waals surface area contributed by atoms with Gasteiger partial charge in [0.25, 0.3) is 12.0 Å². The lowest BCUT2D eigenvalue weighted by molar-refractivity contribution is -0.384. The van der Waals surface area contributed by atoms with Crippen LogP contribution in [0.3, 0.4) is 0 Å². The number of rotatable bonds is 6. The van der Waals surface area contributed by atoms with E-state index in [0.717, 1.165) is 12.1 Å². The number of hydrogen-bond donors (Lipinski definition) is 2. The molecule has 11 heteroatoms. The minimum atomic E-state index is -1.51. The van der Waals surface area contributed by atoms with Gasteiger partial charge >= 0.3 is 17.9 Å². The van der Waals surface area contributed by atoms with Gasteiger partial charge in [-0.25, -0.2) is 14.4 Å². The van der Waals surface area contributed by atoms with Crippen LogP contribution in [-0.4, -0.2) is 34.2 Å². The van der Waals surface area contributed by atoms with Crippen LogP contribution in [0.2, 0.25) is 0 Å². The Morgan fingerprint density at radius 3 is 2.48 bits per heavy atom. The van der Waals surface area contributed by atoms with Crippen LogP contribution in [0.4, 0.5) is 11.4 Å². The predicted octanol–water partition coefficient (Wildman–Crippen LogP) is 2.90. The number of halogens is 1. The summed E-state index contributed by atoms with van der Waals surface area (Å²) in [6.07, 6.45) is -1.51. The lowest BCUT2D eigenvalue weighted by Gasteiger charge is -2.16. The average Bonchev–Trinajstić information content (AvgIpc) is 2.95. The largest absolute Gasteiger partial charge is 0.478 e. The normalized spacial score (nSPS) is 15.6. The second-order valence-corrected chi connectivity index (χ2v) is 6.06. The summed E-state index contributed by atoms with van der Waals surface area (Å²) in [6.45, 7) is 0. The van der Waals surface area contributed by atoms with E-state index in [-0.39, 0.29) is 33.2 Å². The highest BCUT2D eigenvalue weighted by Crippen LogP contribution is 2.29. The monoisotopic (exact) mass is 418 g/mol. The molecule has 10 nitrogen and oxygen atoms in total. The number of cyclic esters (lactones) is 1. The van der Waals surface area contributed by atoms with Crippen molar-refractivity contribution < 1.29 is 33.9 Å². The smallest absolute Gasteiger partial charge is 0.355 e. The molecule has 29 heavy (non-hydrogen) atoms. The Labute approximate surface area is 167 Å². The fraction of sp³-hybridized carbons (Fsp3) is 0.0556. The standard InChI is InChI=1S/C18H11ClN2O8/c19-13-14(20-11-3-1-2-10(8-11)15(22)23)18(29-17(13)25)28-16(24)9-4-6-12(7-5-9)21(26)27/h1-8,18,20H,(H,22,23). The third-order valence-electron chi connectivity index (χ3n) is 3.78.